The van der Waals surface area contributed by atoms with Gasteiger partial charge in [-0.2, -0.15) is 0 Å². The second kappa shape index (κ2) is 4.93. The second-order valence-corrected chi connectivity index (χ2v) is 4.44. The summed E-state index contributed by atoms with van der Waals surface area (Å²) >= 11 is 3.08. The molecule has 1 aromatic carbocycles. The summed E-state index contributed by atoms with van der Waals surface area (Å²) in [5, 5.41) is 7.69. The van der Waals surface area contributed by atoms with Crippen molar-refractivity contribution < 1.29 is 8.81 Å². The third-order valence-corrected chi connectivity index (χ3v) is 3.01. The summed E-state index contributed by atoms with van der Waals surface area (Å²) < 4.78 is 19.1. The van der Waals surface area contributed by atoms with Crippen molar-refractivity contribution in [2.45, 2.75) is 19.4 Å². The zero-order chi connectivity index (χ0) is 12.4. The molecule has 0 fully saturated rings. The fourth-order valence-corrected chi connectivity index (χ4v) is 1.55. The zero-order valence-corrected chi connectivity index (χ0v) is 10.7. The van der Waals surface area contributed by atoms with Crippen molar-refractivity contribution in [1.82, 2.24) is 10.2 Å². The minimum atomic E-state index is -0.373. The molecule has 2 aromatic rings. The van der Waals surface area contributed by atoms with Crippen molar-refractivity contribution in [1.29, 1.82) is 0 Å². The van der Waals surface area contributed by atoms with Crippen molar-refractivity contribution in [3.05, 3.63) is 34.4 Å². The summed E-state index contributed by atoms with van der Waals surface area (Å²) in [7, 11) is 0. The van der Waals surface area contributed by atoms with Crippen molar-refractivity contribution in [2.75, 3.05) is 0 Å². The van der Waals surface area contributed by atoms with Crippen molar-refractivity contribution >= 4 is 15.9 Å². The smallest absolute Gasteiger partial charge is 0.247 e. The molecule has 2 N–H and O–H groups in total. The van der Waals surface area contributed by atoms with Crippen LogP contribution in [-0.4, -0.2) is 10.2 Å². The van der Waals surface area contributed by atoms with Crippen LogP contribution in [-0.2, 0) is 0 Å². The summed E-state index contributed by atoms with van der Waals surface area (Å²) in [5.74, 6) is 0.267. The van der Waals surface area contributed by atoms with E-state index in [-0.39, 0.29) is 17.7 Å². The van der Waals surface area contributed by atoms with Crippen LogP contribution in [0.1, 0.15) is 25.3 Å². The minimum Gasteiger partial charge on any atom is -0.419 e. The molecule has 0 spiro atoms. The van der Waals surface area contributed by atoms with Crippen LogP contribution in [0.4, 0.5) is 4.39 Å². The monoisotopic (exact) mass is 299 g/mol. The lowest BCUT2D eigenvalue weighted by Crippen LogP contribution is -2.08. The number of benzene rings is 1. The number of nitrogens with two attached hydrogens (primary N) is 1. The number of nitrogens with zero attached hydrogens (tertiary/aromatic N) is 2. The van der Waals surface area contributed by atoms with E-state index < -0.39 is 0 Å². The van der Waals surface area contributed by atoms with Gasteiger partial charge in [-0.05, 0) is 40.5 Å². The Morgan fingerprint density at radius 2 is 2.24 bits per heavy atom. The van der Waals surface area contributed by atoms with E-state index >= 15 is 0 Å². The van der Waals surface area contributed by atoms with Crippen LogP contribution < -0.4 is 5.73 Å². The predicted octanol–water partition coefficient (Wildman–Crippen LogP) is 3.05. The summed E-state index contributed by atoms with van der Waals surface area (Å²) in [6, 6.07) is 4.34. The maximum atomic E-state index is 13.3. The van der Waals surface area contributed by atoms with Crippen LogP contribution in [0.25, 0.3) is 11.5 Å². The van der Waals surface area contributed by atoms with Crippen molar-refractivity contribution in [3.8, 4) is 11.5 Å². The molecule has 0 saturated carbocycles. The summed E-state index contributed by atoms with van der Waals surface area (Å²) in [6.45, 7) is 1.92. The number of hydrogen-bond donors (Lipinski definition) is 1. The molecule has 4 nitrogen and oxygen atoms in total. The maximum absolute atomic E-state index is 13.3. The largest absolute Gasteiger partial charge is 0.419 e. The van der Waals surface area contributed by atoms with E-state index in [2.05, 4.69) is 26.1 Å². The van der Waals surface area contributed by atoms with Gasteiger partial charge in [-0.25, -0.2) is 4.39 Å². The molecule has 0 amide bonds. The highest BCUT2D eigenvalue weighted by atomic mass is 79.9. The molecule has 0 aliphatic carbocycles. The van der Waals surface area contributed by atoms with Crippen LogP contribution in [0.3, 0.4) is 0 Å². The molecule has 17 heavy (non-hydrogen) atoms. The van der Waals surface area contributed by atoms with Gasteiger partial charge < -0.3 is 10.2 Å². The summed E-state index contributed by atoms with van der Waals surface area (Å²) in [6.07, 6.45) is 0.705. The number of rotatable bonds is 3. The van der Waals surface area contributed by atoms with Gasteiger partial charge in [-0.1, -0.05) is 6.92 Å². The molecule has 0 saturated heterocycles. The Hall–Kier alpha value is -1.27. The fourth-order valence-electron chi connectivity index (χ4n) is 1.30. The van der Waals surface area contributed by atoms with Gasteiger partial charge in [-0.15, -0.1) is 10.2 Å². The molecule has 6 heteroatoms. The van der Waals surface area contributed by atoms with Gasteiger partial charge in [0.05, 0.1) is 10.5 Å². The Morgan fingerprint density at radius 1 is 1.47 bits per heavy atom. The Bertz CT molecular complexity index is 529. The number of halogens is 2. The van der Waals surface area contributed by atoms with E-state index in [1.165, 1.54) is 6.07 Å². The third-order valence-electron chi connectivity index (χ3n) is 2.36. The quantitative estimate of drug-likeness (QED) is 0.946. The Labute approximate surface area is 106 Å². The first kappa shape index (κ1) is 12.2. The normalized spacial score (nSPS) is 12.7. The van der Waals surface area contributed by atoms with Gasteiger partial charge in [-0.3, -0.25) is 0 Å². The summed E-state index contributed by atoms with van der Waals surface area (Å²) in [5.41, 5.74) is 6.30. The van der Waals surface area contributed by atoms with E-state index in [4.69, 9.17) is 10.2 Å². The first-order chi connectivity index (χ1) is 8.11. The van der Waals surface area contributed by atoms with Gasteiger partial charge in [0.1, 0.15) is 5.82 Å². The highest BCUT2D eigenvalue weighted by Crippen LogP contribution is 2.24. The topological polar surface area (TPSA) is 64.9 Å². The molecule has 1 aromatic heterocycles. The fraction of sp³-hybridized carbons (Fsp3) is 0.273. The maximum Gasteiger partial charge on any atom is 0.247 e. The van der Waals surface area contributed by atoms with Gasteiger partial charge in [0.25, 0.3) is 0 Å². The number of hydrogen-bond acceptors (Lipinski definition) is 4. The lowest BCUT2D eigenvalue weighted by Gasteiger charge is -2.00. The van der Waals surface area contributed by atoms with E-state index in [1.807, 2.05) is 6.92 Å². The van der Waals surface area contributed by atoms with E-state index in [0.717, 1.165) is 0 Å². The first-order valence-electron chi connectivity index (χ1n) is 5.16. The Kier molecular flexibility index (Phi) is 3.54. The van der Waals surface area contributed by atoms with Gasteiger partial charge in [0.15, 0.2) is 0 Å². The first-order valence-corrected chi connectivity index (χ1v) is 5.95. The van der Waals surface area contributed by atoms with Crippen LogP contribution >= 0.6 is 15.9 Å². The van der Waals surface area contributed by atoms with E-state index in [9.17, 15) is 4.39 Å². The lowest BCUT2D eigenvalue weighted by atomic mass is 10.2. The molecule has 1 unspecified atom stereocenters. The molecule has 1 atom stereocenters. The van der Waals surface area contributed by atoms with Gasteiger partial charge in [0.2, 0.25) is 11.8 Å². The van der Waals surface area contributed by atoms with E-state index in [1.54, 1.807) is 12.1 Å². The Morgan fingerprint density at radius 3 is 2.88 bits per heavy atom. The Balaban J connectivity index is 2.33. The standard InChI is InChI=1S/C11H11BrFN3O/c1-2-9(14)11-16-15-10(17-11)6-3-4-7(12)8(13)5-6/h3-5,9H,2,14H2,1H3. The van der Waals surface area contributed by atoms with Crippen molar-refractivity contribution in [2.24, 2.45) is 5.73 Å². The molecular weight excluding hydrogens is 289 g/mol. The highest BCUT2D eigenvalue weighted by Gasteiger charge is 2.14. The molecule has 0 bridgehead atoms. The molecular formula is C11H11BrFN3O. The average Bonchev–Trinajstić information content (AvgIpc) is 2.81. The summed E-state index contributed by atoms with van der Waals surface area (Å²) in [4.78, 5) is 0. The van der Waals surface area contributed by atoms with Crippen LogP contribution in [0.5, 0.6) is 0 Å². The van der Waals surface area contributed by atoms with E-state index in [0.29, 0.717) is 22.3 Å². The molecule has 90 valence electrons. The van der Waals surface area contributed by atoms with Gasteiger partial charge in [0, 0.05) is 5.56 Å². The predicted molar refractivity (Wildman–Crippen MR) is 64.6 cm³/mol. The molecule has 2 rings (SSSR count). The van der Waals surface area contributed by atoms with Crippen LogP contribution in [0, 0.1) is 5.82 Å². The molecule has 0 aliphatic rings. The van der Waals surface area contributed by atoms with Crippen LogP contribution in [0.15, 0.2) is 27.1 Å². The third kappa shape index (κ3) is 2.53. The second-order valence-electron chi connectivity index (χ2n) is 3.59. The zero-order valence-electron chi connectivity index (χ0n) is 9.15. The molecule has 1 heterocycles. The SMILES string of the molecule is CCC(N)c1nnc(-c2ccc(Br)c(F)c2)o1. The minimum absolute atomic E-state index is 0.273. The average molecular weight is 300 g/mol. The molecule has 0 aliphatic heterocycles. The lowest BCUT2D eigenvalue weighted by molar-refractivity contribution is 0.452. The van der Waals surface area contributed by atoms with Crippen LogP contribution in [0.2, 0.25) is 0 Å². The number of aromatic nitrogens is 2. The molecule has 0 radical (unpaired) electrons. The highest BCUT2D eigenvalue weighted by molar-refractivity contribution is 9.10. The van der Waals surface area contributed by atoms with Crippen molar-refractivity contribution in [3.63, 3.8) is 0 Å². The van der Waals surface area contributed by atoms with Gasteiger partial charge >= 0.3 is 0 Å².